The first-order valence-corrected chi connectivity index (χ1v) is 7.16. The summed E-state index contributed by atoms with van der Waals surface area (Å²) in [5.74, 6) is 0.0674. The molecule has 0 radical (unpaired) electrons. The number of halogens is 2. The monoisotopic (exact) mass is 288 g/mol. The van der Waals surface area contributed by atoms with Gasteiger partial charge in [-0.1, -0.05) is 48.5 Å². The lowest BCUT2D eigenvalue weighted by Crippen LogP contribution is -2.34. The van der Waals surface area contributed by atoms with E-state index < -0.39 is 0 Å². The van der Waals surface area contributed by atoms with Crippen LogP contribution < -0.4 is 0 Å². The van der Waals surface area contributed by atoms with Gasteiger partial charge >= 0.3 is 0 Å². The quantitative estimate of drug-likeness (QED) is 0.567. The molecule has 1 unspecified atom stereocenters. The number of Topliss-reactive ketones (excluding diaryl/α,β-unsaturated/α-hetero) is 1. The number of benzene rings is 1. The predicted octanol–water partition coefficient (Wildman–Crippen LogP) is 4.75. The molecule has 2 rings (SSSR count). The van der Waals surface area contributed by atoms with E-state index in [1.54, 1.807) is 18.2 Å². The van der Waals surface area contributed by atoms with Crippen LogP contribution in [0.1, 0.15) is 42.5 Å². The summed E-state index contributed by atoms with van der Waals surface area (Å²) < 4.78 is 0. The largest absolute Gasteiger partial charge is 0.293 e. The van der Waals surface area contributed by atoms with Crippen LogP contribution in [0.4, 0.5) is 0 Å². The van der Waals surface area contributed by atoms with Crippen LogP contribution in [0.15, 0.2) is 18.2 Å². The third kappa shape index (κ3) is 2.67. The third-order valence-electron chi connectivity index (χ3n) is 3.39. The maximum atomic E-state index is 12.6. The molecule has 0 saturated heterocycles. The molecule has 1 fully saturated rings. The summed E-state index contributed by atoms with van der Waals surface area (Å²) in [6, 6.07) is 5.20. The molecule has 1 aliphatic rings. The first-order chi connectivity index (χ1) is 8.04. The van der Waals surface area contributed by atoms with Crippen molar-refractivity contribution in [2.75, 3.05) is 0 Å². The van der Waals surface area contributed by atoms with Gasteiger partial charge in [-0.05, 0) is 25.0 Å². The van der Waals surface area contributed by atoms with Crippen LogP contribution in [-0.2, 0) is 0 Å². The Kier molecular flexibility index (Phi) is 4.13. The van der Waals surface area contributed by atoms with E-state index in [2.05, 4.69) is 9.24 Å². The fourth-order valence-corrected chi connectivity index (χ4v) is 3.50. The highest BCUT2D eigenvalue weighted by Crippen LogP contribution is 2.41. The lowest BCUT2D eigenvalue weighted by molar-refractivity contribution is 0.0918. The van der Waals surface area contributed by atoms with Crippen molar-refractivity contribution in [1.82, 2.24) is 0 Å². The van der Waals surface area contributed by atoms with E-state index in [0.29, 0.717) is 15.6 Å². The lowest BCUT2D eigenvalue weighted by atomic mass is 9.82. The minimum atomic E-state index is -0.368. The van der Waals surface area contributed by atoms with Crippen molar-refractivity contribution in [1.29, 1.82) is 0 Å². The minimum absolute atomic E-state index is 0.0674. The molecule has 92 valence electrons. The highest BCUT2D eigenvalue weighted by atomic mass is 35.5. The Morgan fingerprint density at radius 2 is 1.65 bits per heavy atom. The molecular weight excluding hydrogens is 274 g/mol. The molecule has 0 heterocycles. The van der Waals surface area contributed by atoms with Crippen molar-refractivity contribution in [3.05, 3.63) is 33.8 Å². The number of carbonyl (C=O) groups is 1. The maximum absolute atomic E-state index is 12.6. The van der Waals surface area contributed by atoms with Crippen molar-refractivity contribution in [3.63, 3.8) is 0 Å². The molecule has 0 amide bonds. The van der Waals surface area contributed by atoms with Crippen molar-refractivity contribution in [2.24, 2.45) is 0 Å². The van der Waals surface area contributed by atoms with Gasteiger partial charge in [-0.3, -0.25) is 4.79 Å². The van der Waals surface area contributed by atoms with Crippen molar-refractivity contribution in [3.8, 4) is 0 Å². The Morgan fingerprint density at radius 3 is 2.18 bits per heavy atom. The lowest BCUT2D eigenvalue weighted by Gasteiger charge is -2.32. The number of rotatable bonds is 2. The summed E-state index contributed by atoms with van der Waals surface area (Å²) in [6.45, 7) is 0. The smallest absolute Gasteiger partial charge is 0.175 e. The Balaban J connectivity index is 2.36. The van der Waals surface area contributed by atoms with Gasteiger partial charge in [0.25, 0.3) is 0 Å². The van der Waals surface area contributed by atoms with Crippen LogP contribution in [-0.4, -0.2) is 10.9 Å². The van der Waals surface area contributed by atoms with E-state index in [9.17, 15) is 4.79 Å². The summed E-state index contributed by atoms with van der Waals surface area (Å²) in [5, 5.41) is 0.539. The topological polar surface area (TPSA) is 17.1 Å². The molecule has 1 saturated carbocycles. The number of hydrogen-bond acceptors (Lipinski definition) is 1. The fraction of sp³-hybridized carbons (Fsp3) is 0.462. The molecule has 1 nitrogen and oxygen atoms in total. The second-order valence-corrected chi connectivity index (χ2v) is 6.56. The van der Waals surface area contributed by atoms with E-state index in [-0.39, 0.29) is 10.9 Å². The normalized spacial score (nSPS) is 19.0. The molecule has 1 aromatic rings. The van der Waals surface area contributed by atoms with E-state index >= 15 is 0 Å². The van der Waals surface area contributed by atoms with Gasteiger partial charge in [-0.2, -0.15) is 0 Å². The Morgan fingerprint density at radius 1 is 1.12 bits per heavy atom. The Labute approximate surface area is 114 Å². The summed E-state index contributed by atoms with van der Waals surface area (Å²) in [4.78, 5) is 12.6. The molecule has 17 heavy (non-hydrogen) atoms. The van der Waals surface area contributed by atoms with E-state index in [4.69, 9.17) is 23.2 Å². The average molecular weight is 289 g/mol. The van der Waals surface area contributed by atoms with Crippen LogP contribution in [0.2, 0.25) is 10.0 Å². The number of hydrogen-bond donors (Lipinski definition) is 0. The van der Waals surface area contributed by atoms with Gasteiger partial charge in [-0.15, -0.1) is 9.24 Å². The zero-order valence-corrected chi connectivity index (χ0v) is 12.2. The first-order valence-electron chi connectivity index (χ1n) is 5.82. The molecule has 0 bridgehead atoms. The van der Waals surface area contributed by atoms with Gasteiger partial charge in [0, 0.05) is 5.16 Å². The van der Waals surface area contributed by atoms with Crippen molar-refractivity contribution in [2.45, 2.75) is 37.3 Å². The Bertz CT molecular complexity index is 419. The van der Waals surface area contributed by atoms with E-state index in [1.165, 1.54) is 6.42 Å². The van der Waals surface area contributed by atoms with E-state index in [0.717, 1.165) is 25.7 Å². The minimum Gasteiger partial charge on any atom is -0.293 e. The second kappa shape index (κ2) is 5.26. The van der Waals surface area contributed by atoms with E-state index in [1.807, 2.05) is 0 Å². The van der Waals surface area contributed by atoms with Crippen LogP contribution in [0, 0.1) is 0 Å². The van der Waals surface area contributed by atoms with Gasteiger partial charge in [-0.25, -0.2) is 0 Å². The summed E-state index contributed by atoms with van der Waals surface area (Å²) in [6.07, 6.45) is 5.20. The average Bonchev–Trinajstić information content (AvgIpc) is 2.29. The first kappa shape index (κ1) is 13.3. The van der Waals surface area contributed by atoms with Gasteiger partial charge in [0.05, 0.1) is 15.6 Å². The van der Waals surface area contributed by atoms with Crippen molar-refractivity contribution >= 4 is 38.2 Å². The molecule has 1 aliphatic carbocycles. The predicted molar refractivity (Wildman–Crippen MR) is 76.3 cm³/mol. The fourth-order valence-electron chi connectivity index (χ4n) is 2.37. The standard InChI is InChI=1S/C13H15Cl2OP/c14-9-5-4-6-10(15)11(9)12(16)13(17)7-2-1-3-8-13/h4-6H,1-3,7-8,17H2. The number of ketones is 1. The SMILES string of the molecule is O=C(c1c(Cl)cccc1Cl)C1(P)CCCCC1. The highest BCUT2D eigenvalue weighted by molar-refractivity contribution is 7.21. The van der Waals surface area contributed by atoms with Crippen LogP contribution in [0.3, 0.4) is 0 Å². The molecule has 1 aromatic carbocycles. The summed E-state index contributed by atoms with van der Waals surface area (Å²) >= 11 is 12.2. The third-order valence-corrected chi connectivity index (χ3v) is 4.86. The molecule has 4 heteroatoms. The van der Waals surface area contributed by atoms with Gasteiger partial charge in [0.15, 0.2) is 5.78 Å². The van der Waals surface area contributed by atoms with Gasteiger partial charge < -0.3 is 0 Å². The van der Waals surface area contributed by atoms with Gasteiger partial charge in [0.1, 0.15) is 0 Å². The van der Waals surface area contributed by atoms with Crippen molar-refractivity contribution < 1.29 is 4.79 Å². The van der Waals surface area contributed by atoms with Crippen LogP contribution in [0.5, 0.6) is 0 Å². The van der Waals surface area contributed by atoms with Gasteiger partial charge in [0.2, 0.25) is 0 Å². The summed E-state index contributed by atoms with van der Waals surface area (Å²) in [5.41, 5.74) is 0.479. The zero-order chi connectivity index (χ0) is 12.5. The molecule has 0 N–H and O–H groups in total. The highest BCUT2D eigenvalue weighted by Gasteiger charge is 2.37. The molecular formula is C13H15Cl2OP. The maximum Gasteiger partial charge on any atom is 0.175 e. The number of carbonyl (C=O) groups excluding carboxylic acids is 1. The van der Waals surface area contributed by atoms with Crippen LogP contribution >= 0.6 is 32.4 Å². The Hall–Kier alpha value is -0.100. The molecule has 0 aliphatic heterocycles. The molecule has 0 spiro atoms. The zero-order valence-electron chi connectivity index (χ0n) is 9.51. The van der Waals surface area contributed by atoms with Crippen LogP contribution in [0.25, 0.3) is 0 Å². The molecule has 0 aromatic heterocycles. The summed E-state index contributed by atoms with van der Waals surface area (Å²) in [7, 11) is 2.73. The second-order valence-electron chi connectivity index (χ2n) is 4.64. The molecule has 1 atom stereocenters.